The van der Waals surface area contributed by atoms with Gasteiger partial charge in [0.15, 0.2) is 9.84 Å². The molecule has 0 aromatic heterocycles. The van der Waals surface area contributed by atoms with Crippen LogP contribution in [0.4, 0.5) is 0 Å². The monoisotopic (exact) mass is 373 g/mol. The molecule has 20 heavy (non-hydrogen) atoms. The Morgan fingerprint density at radius 2 is 1.65 bits per heavy atom. The second kappa shape index (κ2) is 11.6. The molecule has 0 aromatic rings. The number of carbonyl (C=O) groups excluding carboxylic acids is 1. The molecular formula is C8H16NNaO6S4. The van der Waals surface area contributed by atoms with E-state index < -0.39 is 19.0 Å². The minimum Gasteiger partial charge on any atom is -0.739 e. The van der Waals surface area contributed by atoms with E-state index in [1.165, 1.54) is 18.7 Å². The van der Waals surface area contributed by atoms with Gasteiger partial charge in [0.05, 0.1) is 11.5 Å². The Balaban J connectivity index is 0. The largest absolute Gasteiger partial charge is 1.00 e. The minimum absolute atomic E-state index is 0. The third kappa shape index (κ3) is 17.1. The van der Waals surface area contributed by atoms with Crippen molar-refractivity contribution in [3.63, 3.8) is 0 Å². The third-order valence-corrected chi connectivity index (χ3v) is 6.96. The average Bonchev–Trinajstić information content (AvgIpc) is 2.20. The van der Waals surface area contributed by atoms with Crippen molar-refractivity contribution in [3.05, 3.63) is 0 Å². The molecule has 0 fully saturated rings. The summed E-state index contributed by atoms with van der Waals surface area (Å²) in [5.74, 6) is 0.201. The molecule has 12 heteroatoms. The molecule has 0 aliphatic carbocycles. The van der Waals surface area contributed by atoms with Crippen LogP contribution in [0.1, 0.15) is 6.92 Å². The van der Waals surface area contributed by atoms with Crippen molar-refractivity contribution in [1.82, 2.24) is 5.32 Å². The Morgan fingerprint density at radius 1 is 1.10 bits per heavy atom. The zero-order chi connectivity index (χ0) is 14.9. The summed E-state index contributed by atoms with van der Waals surface area (Å²) in [7, 11) is -7.68. The first-order chi connectivity index (χ1) is 8.62. The molecule has 114 valence electrons. The molecule has 0 aliphatic heterocycles. The molecule has 1 amide bonds. The van der Waals surface area contributed by atoms with Crippen LogP contribution in [0.3, 0.4) is 0 Å². The van der Waals surface area contributed by atoms with Gasteiger partial charge in [0, 0.05) is 30.7 Å². The molecule has 0 aliphatic rings. The van der Waals surface area contributed by atoms with Gasteiger partial charge in [0.2, 0.25) is 5.91 Å². The molecule has 0 rings (SSSR count). The van der Waals surface area contributed by atoms with Crippen LogP contribution in [-0.2, 0) is 23.8 Å². The number of hydrogen-bond acceptors (Lipinski definition) is 8. The van der Waals surface area contributed by atoms with Crippen molar-refractivity contribution in [3.8, 4) is 0 Å². The number of sulfone groups is 1. The molecule has 0 heterocycles. The van der Waals surface area contributed by atoms with Crippen LogP contribution >= 0.6 is 22.6 Å². The average molecular weight is 373 g/mol. The van der Waals surface area contributed by atoms with E-state index in [9.17, 15) is 26.2 Å². The van der Waals surface area contributed by atoms with E-state index in [1.54, 1.807) is 0 Å². The molecule has 0 unspecified atom stereocenters. The molecular weight excluding hydrogens is 357 g/mol. The Kier molecular flexibility index (Phi) is 13.5. The van der Waals surface area contributed by atoms with Crippen molar-refractivity contribution in [1.29, 1.82) is 0 Å². The first kappa shape index (κ1) is 23.3. The van der Waals surface area contributed by atoms with Gasteiger partial charge in [0.25, 0.3) is 0 Å². The summed E-state index contributed by atoms with van der Waals surface area (Å²) in [6.45, 7) is 1.88. The summed E-state index contributed by atoms with van der Waals surface area (Å²) in [4.78, 5) is 10.5. The second-order valence-electron chi connectivity index (χ2n) is 3.48. The number of carbonyl (C=O) groups is 1. The molecule has 1 N–H and O–H groups in total. The summed E-state index contributed by atoms with van der Waals surface area (Å²) >= 11 is 1.38. The fourth-order valence-electron chi connectivity index (χ4n) is 0.952. The molecule has 0 atom stereocenters. The maximum Gasteiger partial charge on any atom is 1.00 e. The zero-order valence-electron chi connectivity index (χ0n) is 11.3. The van der Waals surface area contributed by atoms with E-state index >= 15 is 0 Å². The molecule has 0 saturated heterocycles. The van der Waals surface area contributed by atoms with Gasteiger partial charge in [-0.2, -0.15) is 11.8 Å². The van der Waals surface area contributed by atoms with Crippen LogP contribution in [-0.4, -0.2) is 62.6 Å². The Bertz CT molecular complexity index is 477. The fourth-order valence-corrected chi connectivity index (χ4v) is 5.81. The normalized spacial score (nSPS) is 11.7. The smallest absolute Gasteiger partial charge is 0.739 e. The molecule has 7 nitrogen and oxygen atoms in total. The van der Waals surface area contributed by atoms with Gasteiger partial charge in [-0.1, -0.05) is 0 Å². The number of rotatable bonds is 10. The Labute approximate surface area is 149 Å². The Morgan fingerprint density at radius 3 is 2.15 bits per heavy atom. The van der Waals surface area contributed by atoms with E-state index in [0.717, 1.165) is 0 Å². The number of hydrogen-bond donors (Lipinski definition) is 1. The topological polar surface area (TPSA) is 120 Å². The van der Waals surface area contributed by atoms with Crippen molar-refractivity contribution in [2.75, 3.05) is 35.3 Å². The van der Waals surface area contributed by atoms with Crippen LogP contribution in [0.25, 0.3) is 0 Å². The van der Waals surface area contributed by atoms with Crippen LogP contribution in [0, 0.1) is 0 Å². The summed E-state index contributed by atoms with van der Waals surface area (Å²) in [6.07, 6.45) is 0. The van der Waals surface area contributed by atoms with E-state index in [4.69, 9.17) is 0 Å². The first-order valence-corrected chi connectivity index (χ1v) is 11.1. The molecule has 0 saturated carbocycles. The third-order valence-electron chi connectivity index (χ3n) is 1.78. The van der Waals surface area contributed by atoms with E-state index in [1.807, 2.05) is 0 Å². The van der Waals surface area contributed by atoms with E-state index in [-0.39, 0.29) is 63.5 Å². The van der Waals surface area contributed by atoms with Crippen LogP contribution in [0.15, 0.2) is 0 Å². The maximum atomic E-state index is 11.5. The Hall–Kier alpha value is 1.03. The second-order valence-corrected chi connectivity index (χ2v) is 10.4. The van der Waals surface area contributed by atoms with Crippen molar-refractivity contribution in [2.24, 2.45) is 0 Å². The van der Waals surface area contributed by atoms with Gasteiger partial charge in [-0.05, 0) is 10.8 Å². The number of thioether (sulfide) groups is 1. The number of amides is 1. The predicted molar refractivity (Wildman–Crippen MR) is 76.8 cm³/mol. The fraction of sp³-hybridized carbons (Fsp3) is 0.875. The van der Waals surface area contributed by atoms with Gasteiger partial charge in [-0.25, -0.2) is 16.8 Å². The number of nitrogens with one attached hydrogen (secondary N) is 1. The van der Waals surface area contributed by atoms with Gasteiger partial charge >= 0.3 is 29.6 Å². The van der Waals surface area contributed by atoms with Crippen molar-refractivity contribution < 1.29 is 55.7 Å². The van der Waals surface area contributed by atoms with Crippen molar-refractivity contribution >= 4 is 47.5 Å². The van der Waals surface area contributed by atoms with Gasteiger partial charge in [0.1, 0.15) is 9.15 Å². The summed E-state index contributed by atoms with van der Waals surface area (Å²) < 4.78 is 53.8. The molecule has 0 bridgehead atoms. The summed E-state index contributed by atoms with van der Waals surface area (Å²) in [6, 6.07) is 0. The van der Waals surface area contributed by atoms with Gasteiger partial charge in [-0.3, -0.25) is 4.79 Å². The minimum atomic E-state index is -4.43. The van der Waals surface area contributed by atoms with Crippen molar-refractivity contribution in [2.45, 2.75) is 6.92 Å². The van der Waals surface area contributed by atoms with E-state index in [0.29, 0.717) is 18.1 Å². The van der Waals surface area contributed by atoms with Crippen LogP contribution in [0.5, 0.6) is 0 Å². The van der Waals surface area contributed by atoms with Crippen LogP contribution < -0.4 is 34.9 Å². The first-order valence-electron chi connectivity index (χ1n) is 5.25. The van der Waals surface area contributed by atoms with Crippen LogP contribution in [0.2, 0.25) is 0 Å². The van der Waals surface area contributed by atoms with E-state index in [2.05, 4.69) is 5.32 Å². The zero-order valence-corrected chi connectivity index (χ0v) is 16.6. The summed E-state index contributed by atoms with van der Waals surface area (Å²) in [5.41, 5.74) is 0. The molecule has 0 spiro atoms. The van der Waals surface area contributed by atoms with Gasteiger partial charge < -0.3 is 9.87 Å². The predicted octanol–water partition coefficient (Wildman–Crippen LogP) is -3.53. The maximum absolute atomic E-state index is 11.5. The van der Waals surface area contributed by atoms with Gasteiger partial charge in [-0.15, -0.1) is 0 Å². The molecule has 0 radical (unpaired) electrons. The standard InChI is InChI=1S/C8H17NO6S4.Na/c1-8(10)9-2-3-16-4-6-18(11,12)7-5-17-19(13,14)15;/h2-7H2,1H3,(H,9,10)(H,13,14,15);/q;+1/p-1. The SMILES string of the molecule is CC(=O)NCCSCCS(=O)(=O)CCSS(=O)(=O)[O-].[Na+]. The quantitative estimate of drug-likeness (QED) is 0.181. The summed E-state index contributed by atoms with van der Waals surface area (Å²) in [5, 5.41) is 2.58. The molecule has 0 aromatic carbocycles.